The summed E-state index contributed by atoms with van der Waals surface area (Å²) in [6.07, 6.45) is 1.27. The van der Waals surface area contributed by atoms with Crippen LogP contribution in [0, 0.1) is 0 Å². The van der Waals surface area contributed by atoms with E-state index in [1.165, 1.54) is 0 Å². The Morgan fingerprint density at radius 1 is 1.21 bits per heavy atom. The van der Waals surface area contributed by atoms with Crippen LogP contribution in [0.4, 0.5) is 5.69 Å². The lowest BCUT2D eigenvalue weighted by Crippen LogP contribution is -2.20. The fourth-order valence-electron chi connectivity index (χ4n) is 2.64. The van der Waals surface area contributed by atoms with E-state index in [1.54, 1.807) is 0 Å². The van der Waals surface area contributed by atoms with Gasteiger partial charge in [-0.15, -0.1) is 0 Å². The minimum Gasteiger partial charge on any atom is -0.488 e. The van der Waals surface area contributed by atoms with Crippen LogP contribution in [-0.2, 0) is 9.53 Å². The molecule has 1 aliphatic heterocycles. The van der Waals surface area contributed by atoms with Crippen LogP contribution in [0.1, 0.15) is 24.4 Å². The van der Waals surface area contributed by atoms with Crippen LogP contribution in [0.5, 0.6) is 5.75 Å². The molecule has 1 amide bonds. The summed E-state index contributed by atoms with van der Waals surface area (Å²) in [6.45, 7) is 1.39. The molecule has 0 radical (unpaired) electrons. The second kappa shape index (κ2) is 7.95. The molecule has 2 aromatic rings. The molecular weight excluding hydrogens is 304 g/mol. The summed E-state index contributed by atoms with van der Waals surface area (Å²) in [5.74, 6) is 0.675. The zero-order chi connectivity index (χ0) is 16.8. The van der Waals surface area contributed by atoms with Gasteiger partial charge in [0.05, 0.1) is 13.2 Å². The molecule has 0 aromatic heterocycles. The Hall–Kier alpha value is -2.37. The van der Waals surface area contributed by atoms with Crippen molar-refractivity contribution in [3.63, 3.8) is 0 Å². The summed E-state index contributed by atoms with van der Waals surface area (Å²) in [6, 6.07) is 16.7. The van der Waals surface area contributed by atoms with Gasteiger partial charge in [0, 0.05) is 24.6 Å². The predicted octanol–water partition coefficient (Wildman–Crippen LogP) is 2.88. The van der Waals surface area contributed by atoms with E-state index in [9.17, 15) is 4.79 Å². The standard InChI is InChI=1S/C19H22N2O3/c20-18(14-4-2-1-3-5-14)12-19(22)21-15-6-8-16(9-7-15)24-17-10-11-23-13-17/h1-9,17-18H,10-13,20H2,(H,21,22). The zero-order valence-corrected chi connectivity index (χ0v) is 13.5. The number of carbonyl (C=O) groups excluding carboxylic acids is 1. The highest BCUT2D eigenvalue weighted by atomic mass is 16.5. The Balaban J connectivity index is 1.50. The van der Waals surface area contributed by atoms with Gasteiger partial charge in [-0.05, 0) is 29.8 Å². The van der Waals surface area contributed by atoms with Gasteiger partial charge in [0.2, 0.25) is 5.91 Å². The Morgan fingerprint density at radius 2 is 1.96 bits per heavy atom. The van der Waals surface area contributed by atoms with Crippen LogP contribution in [0.25, 0.3) is 0 Å². The maximum Gasteiger partial charge on any atom is 0.226 e. The molecule has 5 nitrogen and oxygen atoms in total. The van der Waals surface area contributed by atoms with Gasteiger partial charge in [-0.25, -0.2) is 0 Å². The fraction of sp³-hybridized carbons (Fsp3) is 0.316. The van der Waals surface area contributed by atoms with Crippen molar-refractivity contribution >= 4 is 11.6 Å². The third-order valence-corrected chi connectivity index (χ3v) is 3.96. The molecule has 1 heterocycles. The van der Waals surface area contributed by atoms with Gasteiger partial charge in [-0.1, -0.05) is 30.3 Å². The Bertz CT molecular complexity index is 652. The van der Waals surface area contributed by atoms with Crippen molar-refractivity contribution < 1.29 is 14.3 Å². The lowest BCUT2D eigenvalue weighted by molar-refractivity contribution is -0.116. The van der Waals surface area contributed by atoms with Crippen molar-refractivity contribution in [3.05, 3.63) is 60.2 Å². The largest absolute Gasteiger partial charge is 0.488 e. The average molecular weight is 326 g/mol. The monoisotopic (exact) mass is 326 g/mol. The van der Waals surface area contributed by atoms with Crippen molar-refractivity contribution in [2.75, 3.05) is 18.5 Å². The Morgan fingerprint density at radius 3 is 2.62 bits per heavy atom. The number of benzene rings is 2. The van der Waals surface area contributed by atoms with Gasteiger partial charge in [-0.3, -0.25) is 4.79 Å². The van der Waals surface area contributed by atoms with Crippen molar-refractivity contribution in [1.29, 1.82) is 0 Å². The first-order valence-electron chi connectivity index (χ1n) is 8.15. The summed E-state index contributed by atoms with van der Waals surface area (Å²) in [5.41, 5.74) is 7.76. The quantitative estimate of drug-likeness (QED) is 0.856. The number of hydrogen-bond donors (Lipinski definition) is 2. The molecular formula is C19H22N2O3. The highest BCUT2D eigenvalue weighted by molar-refractivity contribution is 5.91. The molecule has 126 valence electrons. The summed E-state index contributed by atoms with van der Waals surface area (Å²) in [7, 11) is 0. The fourth-order valence-corrected chi connectivity index (χ4v) is 2.64. The molecule has 1 fully saturated rings. The summed E-state index contributed by atoms with van der Waals surface area (Å²) >= 11 is 0. The average Bonchev–Trinajstić information content (AvgIpc) is 3.10. The van der Waals surface area contributed by atoms with Crippen molar-refractivity contribution in [2.24, 2.45) is 5.73 Å². The first-order chi connectivity index (χ1) is 11.7. The summed E-state index contributed by atoms with van der Waals surface area (Å²) < 4.78 is 11.1. The van der Waals surface area contributed by atoms with Crippen LogP contribution in [0.3, 0.4) is 0 Å². The van der Waals surface area contributed by atoms with E-state index in [1.807, 2.05) is 54.6 Å². The molecule has 3 rings (SSSR count). The van der Waals surface area contributed by atoms with Crippen LogP contribution < -0.4 is 15.8 Å². The van der Waals surface area contributed by atoms with Crippen LogP contribution in [0.2, 0.25) is 0 Å². The first-order valence-corrected chi connectivity index (χ1v) is 8.15. The number of anilines is 1. The van der Waals surface area contributed by atoms with Crippen LogP contribution in [0.15, 0.2) is 54.6 Å². The lowest BCUT2D eigenvalue weighted by atomic mass is 10.0. The van der Waals surface area contributed by atoms with Crippen LogP contribution in [-0.4, -0.2) is 25.2 Å². The zero-order valence-electron chi connectivity index (χ0n) is 13.5. The van der Waals surface area contributed by atoms with E-state index in [2.05, 4.69) is 5.32 Å². The highest BCUT2D eigenvalue weighted by Gasteiger charge is 2.17. The molecule has 1 aliphatic rings. The molecule has 0 saturated carbocycles. The molecule has 0 aliphatic carbocycles. The smallest absolute Gasteiger partial charge is 0.226 e. The van der Waals surface area contributed by atoms with Gasteiger partial charge in [0.25, 0.3) is 0 Å². The molecule has 3 N–H and O–H groups in total. The second-order valence-electron chi connectivity index (χ2n) is 5.90. The third-order valence-electron chi connectivity index (χ3n) is 3.96. The maximum absolute atomic E-state index is 12.1. The van der Waals surface area contributed by atoms with Crippen molar-refractivity contribution in [3.8, 4) is 5.75 Å². The molecule has 2 atom stereocenters. The topological polar surface area (TPSA) is 73.6 Å². The van der Waals surface area contributed by atoms with E-state index >= 15 is 0 Å². The molecule has 5 heteroatoms. The Labute approximate surface area is 141 Å². The summed E-state index contributed by atoms with van der Waals surface area (Å²) in [4.78, 5) is 12.1. The minimum absolute atomic E-state index is 0.107. The number of nitrogens with two attached hydrogens (primary N) is 1. The van der Waals surface area contributed by atoms with Crippen LogP contribution >= 0.6 is 0 Å². The van der Waals surface area contributed by atoms with Gasteiger partial charge < -0.3 is 20.5 Å². The number of nitrogens with one attached hydrogen (secondary N) is 1. The van der Waals surface area contributed by atoms with E-state index in [4.69, 9.17) is 15.2 Å². The first kappa shape index (κ1) is 16.5. The molecule has 2 aromatic carbocycles. The molecule has 2 unspecified atom stereocenters. The van der Waals surface area contributed by atoms with E-state index in [-0.39, 0.29) is 24.5 Å². The molecule has 0 bridgehead atoms. The normalized spacial score (nSPS) is 18.1. The predicted molar refractivity (Wildman–Crippen MR) is 92.9 cm³/mol. The van der Waals surface area contributed by atoms with Crippen molar-refractivity contribution in [1.82, 2.24) is 0 Å². The SMILES string of the molecule is NC(CC(=O)Nc1ccc(OC2CCOC2)cc1)c1ccccc1. The molecule has 24 heavy (non-hydrogen) atoms. The molecule has 0 spiro atoms. The number of carbonyl (C=O) groups is 1. The highest BCUT2D eigenvalue weighted by Crippen LogP contribution is 2.20. The van der Waals surface area contributed by atoms with E-state index in [0.717, 1.165) is 30.0 Å². The van der Waals surface area contributed by atoms with E-state index < -0.39 is 0 Å². The van der Waals surface area contributed by atoms with Gasteiger partial charge in [0.1, 0.15) is 11.9 Å². The second-order valence-corrected chi connectivity index (χ2v) is 5.90. The van der Waals surface area contributed by atoms with Gasteiger partial charge in [0.15, 0.2) is 0 Å². The molecule has 1 saturated heterocycles. The third kappa shape index (κ3) is 4.57. The van der Waals surface area contributed by atoms with Crippen molar-refractivity contribution in [2.45, 2.75) is 25.0 Å². The van der Waals surface area contributed by atoms with Gasteiger partial charge in [-0.2, -0.15) is 0 Å². The number of amides is 1. The number of rotatable bonds is 6. The Kier molecular flexibility index (Phi) is 5.46. The van der Waals surface area contributed by atoms with Gasteiger partial charge >= 0.3 is 0 Å². The summed E-state index contributed by atoms with van der Waals surface area (Å²) in [5, 5.41) is 2.86. The number of ether oxygens (including phenoxy) is 2. The maximum atomic E-state index is 12.1. The number of hydrogen-bond acceptors (Lipinski definition) is 4. The van der Waals surface area contributed by atoms with E-state index in [0.29, 0.717) is 6.61 Å². The minimum atomic E-state index is -0.309. The lowest BCUT2D eigenvalue weighted by Gasteiger charge is -2.14.